The van der Waals surface area contributed by atoms with E-state index in [-0.39, 0.29) is 24.5 Å². The van der Waals surface area contributed by atoms with E-state index in [2.05, 4.69) is 85.2 Å². The topological polar surface area (TPSA) is 90.3 Å². The van der Waals surface area contributed by atoms with Crippen LogP contribution in [0.1, 0.15) is 66.3 Å². The molecule has 0 N–H and O–H groups in total. The third-order valence-corrected chi connectivity index (χ3v) is 8.32. The predicted octanol–water partition coefficient (Wildman–Crippen LogP) is 7.39. The molecule has 0 spiro atoms. The van der Waals surface area contributed by atoms with Crippen LogP contribution in [0.5, 0.6) is 5.75 Å². The molecule has 0 bridgehead atoms. The summed E-state index contributed by atoms with van der Waals surface area (Å²) in [6, 6.07) is 15.9. The number of carbonyl (C=O) groups excluding carboxylic acids is 1. The van der Waals surface area contributed by atoms with Crippen molar-refractivity contribution in [2.75, 3.05) is 32.9 Å². The second kappa shape index (κ2) is 17.3. The van der Waals surface area contributed by atoms with Crippen LogP contribution in [0.25, 0.3) is 17.5 Å². The fourth-order valence-corrected chi connectivity index (χ4v) is 6.12. The monoisotopic (exact) mass is 643 g/mol. The van der Waals surface area contributed by atoms with Gasteiger partial charge in [0.25, 0.3) is 0 Å². The largest absolute Gasteiger partial charge is 0.493 e. The highest BCUT2D eigenvalue weighted by Gasteiger charge is 2.33. The number of benzene rings is 2. The van der Waals surface area contributed by atoms with Crippen molar-refractivity contribution in [2.45, 2.75) is 72.0 Å². The molecule has 1 unspecified atom stereocenters. The third-order valence-electron chi connectivity index (χ3n) is 7.10. The summed E-state index contributed by atoms with van der Waals surface area (Å²) in [5.74, 6) is 4.98. The van der Waals surface area contributed by atoms with E-state index < -0.39 is 5.41 Å². The Balaban J connectivity index is 1.51. The fourth-order valence-electron chi connectivity index (χ4n) is 4.78. The maximum atomic E-state index is 13.6. The Bertz CT molecular complexity index is 1460. The van der Waals surface area contributed by atoms with E-state index in [1.54, 1.807) is 11.8 Å². The van der Waals surface area contributed by atoms with Gasteiger partial charge in [-0.3, -0.25) is 4.79 Å². The number of ether oxygens (including phenoxy) is 2. The maximum Gasteiger partial charge on any atom is 0.231 e. The molecular weight excluding hydrogens is 595 g/mol. The second-order valence-corrected chi connectivity index (χ2v) is 15.0. The molecule has 0 saturated heterocycles. The molecule has 0 fully saturated rings. The standard InChI is InChI=1S/C37H49N5O3S/c1-10-21-42(22-13-15-30-14-11-12-16-33(30)46-28(4)23-27(2)3)35(43)37(8,9)26-44-24-36(6,7)25-45-32-19-17-31(18-20-32)34-40-38-29(5)39-41-34/h1,11-20,27-28H,21-26H2,2-9H3/b15-13+. The van der Waals surface area contributed by atoms with Crippen molar-refractivity contribution < 1.29 is 14.3 Å². The Labute approximate surface area is 279 Å². The van der Waals surface area contributed by atoms with Gasteiger partial charge in [-0.15, -0.1) is 38.6 Å². The lowest BCUT2D eigenvalue weighted by Crippen LogP contribution is -2.44. The van der Waals surface area contributed by atoms with Crippen LogP contribution in [0.15, 0.2) is 59.5 Å². The Kier molecular flexibility index (Phi) is 13.8. The van der Waals surface area contributed by atoms with Crippen molar-refractivity contribution in [3.63, 3.8) is 0 Å². The first kappa shape index (κ1) is 36.7. The Morgan fingerprint density at radius 1 is 0.978 bits per heavy atom. The van der Waals surface area contributed by atoms with Crippen LogP contribution < -0.4 is 4.74 Å². The molecule has 8 nitrogen and oxygen atoms in total. The molecule has 246 valence electrons. The molecule has 1 atom stereocenters. The van der Waals surface area contributed by atoms with Gasteiger partial charge in [-0.2, -0.15) is 0 Å². The van der Waals surface area contributed by atoms with Crippen LogP contribution in [0.2, 0.25) is 0 Å². The summed E-state index contributed by atoms with van der Waals surface area (Å²) >= 11 is 1.89. The van der Waals surface area contributed by atoms with Gasteiger partial charge in [0, 0.05) is 27.7 Å². The van der Waals surface area contributed by atoms with E-state index in [4.69, 9.17) is 15.9 Å². The van der Waals surface area contributed by atoms with Crippen LogP contribution in [0, 0.1) is 36.0 Å². The van der Waals surface area contributed by atoms with Crippen molar-refractivity contribution in [1.82, 2.24) is 25.3 Å². The Morgan fingerprint density at radius 2 is 1.65 bits per heavy atom. The van der Waals surface area contributed by atoms with Gasteiger partial charge >= 0.3 is 0 Å². The molecule has 0 saturated carbocycles. The number of aryl methyl sites for hydroxylation is 1. The normalized spacial score (nSPS) is 12.7. The number of aromatic nitrogens is 4. The molecule has 3 aromatic rings. The molecule has 2 aromatic carbocycles. The Hall–Kier alpha value is -3.74. The van der Waals surface area contributed by atoms with Gasteiger partial charge in [0.1, 0.15) is 5.75 Å². The van der Waals surface area contributed by atoms with Gasteiger partial charge < -0.3 is 14.4 Å². The lowest BCUT2D eigenvalue weighted by molar-refractivity contribution is -0.143. The molecule has 0 aliphatic heterocycles. The lowest BCUT2D eigenvalue weighted by Gasteiger charge is -2.32. The van der Waals surface area contributed by atoms with Crippen molar-refractivity contribution in [3.05, 3.63) is 66.0 Å². The quantitative estimate of drug-likeness (QED) is 0.111. The number of hydrogen-bond acceptors (Lipinski definition) is 8. The summed E-state index contributed by atoms with van der Waals surface area (Å²) in [5.41, 5.74) is 0.922. The number of thioether (sulfide) groups is 1. The molecule has 46 heavy (non-hydrogen) atoms. The molecule has 0 radical (unpaired) electrons. The van der Waals surface area contributed by atoms with Crippen molar-refractivity contribution in [3.8, 4) is 29.5 Å². The highest BCUT2D eigenvalue weighted by Crippen LogP contribution is 2.31. The van der Waals surface area contributed by atoms with Gasteiger partial charge in [0.15, 0.2) is 5.82 Å². The van der Waals surface area contributed by atoms with E-state index in [9.17, 15) is 4.79 Å². The van der Waals surface area contributed by atoms with E-state index in [1.807, 2.05) is 62.0 Å². The van der Waals surface area contributed by atoms with Gasteiger partial charge in [0.2, 0.25) is 11.7 Å². The van der Waals surface area contributed by atoms with Crippen LogP contribution in [-0.2, 0) is 9.53 Å². The zero-order valence-corrected chi connectivity index (χ0v) is 29.4. The summed E-state index contributed by atoms with van der Waals surface area (Å²) in [7, 11) is 0. The number of carbonyl (C=O) groups is 1. The number of amides is 1. The third kappa shape index (κ3) is 11.9. The van der Waals surface area contributed by atoms with E-state index >= 15 is 0 Å². The molecular formula is C37H49N5O3S. The summed E-state index contributed by atoms with van der Waals surface area (Å²) in [5, 5.41) is 16.6. The van der Waals surface area contributed by atoms with Crippen molar-refractivity contribution in [2.24, 2.45) is 16.7 Å². The van der Waals surface area contributed by atoms with E-state index in [0.717, 1.165) is 23.3 Å². The average molecular weight is 644 g/mol. The first-order valence-electron chi connectivity index (χ1n) is 15.8. The van der Waals surface area contributed by atoms with Gasteiger partial charge in [-0.25, -0.2) is 0 Å². The van der Waals surface area contributed by atoms with Gasteiger partial charge in [-0.1, -0.05) is 70.9 Å². The zero-order valence-electron chi connectivity index (χ0n) is 28.6. The second-order valence-electron chi connectivity index (χ2n) is 13.5. The maximum absolute atomic E-state index is 13.6. The summed E-state index contributed by atoms with van der Waals surface area (Å²) in [4.78, 5) is 16.5. The molecule has 1 heterocycles. The summed E-state index contributed by atoms with van der Waals surface area (Å²) in [6.45, 7) is 18.3. The predicted molar refractivity (Wildman–Crippen MR) is 187 cm³/mol. The molecule has 1 aromatic heterocycles. The first-order chi connectivity index (χ1) is 21.8. The SMILES string of the molecule is C#CCN(C/C=C/c1ccccc1SC(C)CC(C)C)C(=O)C(C)(C)COCC(C)(C)COc1ccc(-c2nnc(C)nn2)cc1. The summed E-state index contributed by atoms with van der Waals surface area (Å²) < 4.78 is 12.2. The zero-order chi connectivity index (χ0) is 33.7. The fraction of sp³-hybridized carbons (Fsp3) is 0.486. The lowest BCUT2D eigenvalue weighted by atomic mass is 9.92. The van der Waals surface area contributed by atoms with Crippen LogP contribution in [0.4, 0.5) is 0 Å². The van der Waals surface area contributed by atoms with Crippen molar-refractivity contribution in [1.29, 1.82) is 0 Å². The van der Waals surface area contributed by atoms with Gasteiger partial charge in [0.05, 0.1) is 31.8 Å². The van der Waals surface area contributed by atoms with Gasteiger partial charge in [-0.05, 0) is 69.0 Å². The molecule has 1 amide bonds. The number of hydrogen-bond donors (Lipinski definition) is 0. The van der Waals surface area contributed by atoms with E-state index in [0.29, 0.717) is 42.6 Å². The smallest absolute Gasteiger partial charge is 0.231 e. The highest BCUT2D eigenvalue weighted by atomic mass is 32.2. The van der Waals surface area contributed by atoms with Crippen LogP contribution >= 0.6 is 11.8 Å². The van der Waals surface area contributed by atoms with Crippen molar-refractivity contribution >= 4 is 23.7 Å². The number of nitrogens with zero attached hydrogens (tertiary/aromatic N) is 5. The minimum Gasteiger partial charge on any atom is -0.493 e. The molecule has 0 aliphatic carbocycles. The molecule has 0 aliphatic rings. The molecule has 3 rings (SSSR count). The minimum atomic E-state index is -0.751. The summed E-state index contributed by atoms with van der Waals surface area (Å²) in [6.07, 6.45) is 10.9. The minimum absolute atomic E-state index is 0.0413. The average Bonchev–Trinajstić information content (AvgIpc) is 3.00. The van der Waals surface area contributed by atoms with Crippen LogP contribution in [-0.4, -0.2) is 69.4 Å². The Morgan fingerprint density at radius 3 is 2.30 bits per heavy atom. The van der Waals surface area contributed by atoms with Crippen LogP contribution in [0.3, 0.4) is 0 Å². The van der Waals surface area contributed by atoms with E-state index in [1.165, 1.54) is 4.90 Å². The number of terminal acetylenes is 1. The highest BCUT2D eigenvalue weighted by molar-refractivity contribution is 8.00. The first-order valence-corrected chi connectivity index (χ1v) is 16.7. The number of rotatable bonds is 17. The molecule has 9 heteroatoms.